The first kappa shape index (κ1) is 15.0. The van der Waals surface area contributed by atoms with Crippen molar-refractivity contribution < 1.29 is 8.78 Å². The predicted octanol–water partition coefficient (Wildman–Crippen LogP) is 5.10. The Morgan fingerprint density at radius 2 is 1.79 bits per heavy atom. The molecule has 6 heteroatoms. The van der Waals surface area contributed by atoms with E-state index in [9.17, 15) is 8.78 Å². The molecule has 0 bridgehead atoms. The summed E-state index contributed by atoms with van der Waals surface area (Å²) in [6.45, 7) is 0. The molecule has 0 saturated heterocycles. The zero-order valence-electron chi connectivity index (χ0n) is 12.2. The first-order valence-corrected chi connectivity index (χ1v) is 7.97. The van der Waals surface area contributed by atoms with Gasteiger partial charge in [-0.05, 0) is 58.4 Å². The Morgan fingerprint density at radius 1 is 0.917 bits per heavy atom. The summed E-state index contributed by atoms with van der Waals surface area (Å²) in [5.41, 5.74) is 3.48. The molecule has 24 heavy (non-hydrogen) atoms. The van der Waals surface area contributed by atoms with Crippen LogP contribution in [-0.4, -0.2) is 14.4 Å². The third-order valence-electron chi connectivity index (χ3n) is 3.72. The van der Waals surface area contributed by atoms with Crippen LogP contribution in [0.25, 0.3) is 28.2 Å². The van der Waals surface area contributed by atoms with Gasteiger partial charge < -0.3 is 0 Å². The maximum absolute atomic E-state index is 13.7. The molecule has 0 saturated carbocycles. The van der Waals surface area contributed by atoms with E-state index in [1.54, 1.807) is 6.20 Å². The summed E-state index contributed by atoms with van der Waals surface area (Å²) in [5, 5.41) is 0. The Balaban J connectivity index is 2.05. The Hall–Kier alpha value is -2.60. The largest absolute Gasteiger partial charge is 0.299 e. The van der Waals surface area contributed by atoms with Crippen LogP contribution in [0.4, 0.5) is 8.78 Å². The molecule has 0 atom stereocenters. The van der Waals surface area contributed by atoms with Gasteiger partial charge >= 0.3 is 0 Å². The van der Waals surface area contributed by atoms with Crippen LogP contribution in [0.2, 0.25) is 0 Å². The fraction of sp³-hybridized carbons (Fsp3) is 0. The van der Waals surface area contributed by atoms with Crippen molar-refractivity contribution in [3.8, 4) is 22.5 Å². The predicted molar refractivity (Wildman–Crippen MR) is 91.5 cm³/mol. The van der Waals surface area contributed by atoms with Crippen LogP contribution in [-0.2, 0) is 0 Å². The number of rotatable bonds is 2. The second-order valence-electron chi connectivity index (χ2n) is 5.23. The van der Waals surface area contributed by atoms with E-state index >= 15 is 0 Å². The van der Waals surface area contributed by atoms with Gasteiger partial charge in [-0.15, -0.1) is 0 Å². The van der Waals surface area contributed by atoms with Gasteiger partial charge in [0.2, 0.25) is 0 Å². The first-order valence-electron chi connectivity index (χ1n) is 7.18. The quantitative estimate of drug-likeness (QED) is 0.449. The minimum atomic E-state index is -0.897. The summed E-state index contributed by atoms with van der Waals surface area (Å²) in [6, 6.07) is 13.2. The number of pyridine rings is 2. The lowest BCUT2D eigenvalue weighted by Gasteiger charge is -2.06. The molecule has 4 rings (SSSR count). The lowest BCUT2D eigenvalue weighted by Crippen LogP contribution is -1.91. The minimum absolute atomic E-state index is 0.514. The normalized spacial score (nSPS) is 11.1. The third-order valence-corrected chi connectivity index (χ3v) is 4.16. The average molecular weight is 386 g/mol. The van der Waals surface area contributed by atoms with Crippen molar-refractivity contribution in [1.82, 2.24) is 14.4 Å². The van der Waals surface area contributed by atoms with Crippen molar-refractivity contribution >= 4 is 21.6 Å². The highest BCUT2D eigenvalue weighted by molar-refractivity contribution is 9.10. The Kier molecular flexibility index (Phi) is 3.61. The summed E-state index contributed by atoms with van der Waals surface area (Å²) >= 11 is 3.36. The van der Waals surface area contributed by atoms with E-state index in [1.807, 2.05) is 40.9 Å². The summed E-state index contributed by atoms with van der Waals surface area (Å²) in [4.78, 5) is 8.73. The molecule has 0 amide bonds. The number of nitrogens with zero attached hydrogens (tertiary/aromatic N) is 3. The van der Waals surface area contributed by atoms with Crippen molar-refractivity contribution in [3.63, 3.8) is 0 Å². The number of aromatic nitrogens is 3. The Bertz CT molecular complexity index is 1060. The Morgan fingerprint density at radius 3 is 2.58 bits per heavy atom. The fourth-order valence-electron chi connectivity index (χ4n) is 2.67. The maximum Gasteiger partial charge on any atom is 0.159 e. The number of fused-ring (bicyclic) bond motifs is 1. The molecule has 0 aliphatic carbocycles. The van der Waals surface area contributed by atoms with E-state index in [2.05, 4.69) is 25.9 Å². The maximum atomic E-state index is 13.7. The van der Waals surface area contributed by atoms with E-state index in [4.69, 9.17) is 0 Å². The van der Waals surface area contributed by atoms with Gasteiger partial charge in [-0.3, -0.25) is 4.40 Å². The molecular formula is C18H10BrF2N3. The van der Waals surface area contributed by atoms with Gasteiger partial charge in [0.15, 0.2) is 11.6 Å². The molecule has 1 aromatic carbocycles. The van der Waals surface area contributed by atoms with Gasteiger partial charge in [-0.1, -0.05) is 6.07 Å². The molecule has 0 unspecified atom stereocenters. The monoisotopic (exact) mass is 385 g/mol. The van der Waals surface area contributed by atoms with Crippen LogP contribution in [0.5, 0.6) is 0 Å². The van der Waals surface area contributed by atoms with Crippen LogP contribution in [0.3, 0.4) is 0 Å². The Labute approximate surface area is 144 Å². The van der Waals surface area contributed by atoms with Gasteiger partial charge in [0.1, 0.15) is 10.3 Å². The number of halogens is 3. The van der Waals surface area contributed by atoms with Crippen LogP contribution >= 0.6 is 15.9 Å². The molecule has 0 aliphatic rings. The molecule has 0 spiro atoms. The molecule has 0 N–H and O–H groups in total. The van der Waals surface area contributed by atoms with Crippen LogP contribution < -0.4 is 0 Å². The van der Waals surface area contributed by atoms with Gasteiger partial charge in [0.25, 0.3) is 0 Å². The second kappa shape index (κ2) is 5.79. The topological polar surface area (TPSA) is 30.2 Å². The fourth-order valence-corrected chi connectivity index (χ4v) is 3.03. The van der Waals surface area contributed by atoms with E-state index in [0.29, 0.717) is 15.9 Å². The van der Waals surface area contributed by atoms with Crippen molar-refractivity contribution in [2.24, 2.45) is 0 Å². The smallest absolute Gasteiger partial charge is 0.159 e. The van der Waals surface area contributed by atoms with Crippen LogP contribution in [0, 0.1) is 11.6 Å². The molecule has 0 radical (unpaired) electrons. The third kappa shape index (κ3) is 2.49. The molecule has 0 aliphatic heterocycles. The molecular weight excluding hydrogens is 376 g/mol. The lowest BCUT2D eigenvalue weighted by molar-refractivity contribution is 0.509. The van der Waals surface area contributed by atoms with Crippen molar-refractivity contribution in [2.45, 2.75) is 0 Å². The molecule has 3 heterocycles. The van der Waals surface area contributed by atoms with E-state index in [-0.39, 0.29) is 0 Å². The number of hydrogen-bond donors (Lipinski definition) is 0. The molecule has 3 aromatic heterocycles. The lowest BCUT2D eigenvalue weighted by atomic mass is 10.1. The molecule has 0 fully saturated rings. The number of imidazole rings is 1. The first-order chi connectivity index (χ1) is 11.6. The van der Waals surface area contributed by atoms with Crippen molar-refractivity contribution in [3.05, 3.63) is 77.2 Å². The van der Waals surface area contributed by atoms with Crippen LogP contribution in [0.15, 0.2) is 65.5 Å². The van der Waals surface area contributed by atoms with Gasteiger partial charge in [0.05, 0.1) is 11.4 Å². The summed E-state index contributed by atoms with van der Waals surface area (Å²) < 4.78 is 29.6. The molecule has 118 valence electrons. The van der Waals surface area contributed by atoms with Gasteiger partial charge in [-0.2, -0.15) is 0 Å². The standard InChI is InChI=1S/C18H10BrF2N3/c19-15-10-12(6-7-22-15)18-17(11-4-5-13(20)14(21)9-11)23-16-3-1-2-8-24(16)18/h1-10H. The zero-order valence-corrected chi connectivity index (χ0v) is 13.8. The minimum Gasteiger partial charge on any atom is -0.299 e. The second-order valence-corrected chi connectivity index (χ2v) is 6.05. The highest BCUT2D eigenvalue weighted by Gasteiger charge is 2.17. The van der Waals surface area contributed by atoms with Crippen LogP contribution in [0.1, 0.15) is 0 Å². The number of benzene rings is 1. The molecule has 3 nitrogen and oxygen atoms in total. The van der Waals surface area contributed by atoms with Crippen molar-refractivity contribution in [2.75, 3.05) is 0 Å². The SMILES string of the molecule is Fc1ccc(-c2nc3ccccn3c2-c2ccnc(Br)c2)cc1F. The summed E-state index contributed by atoms with van der Waals surface area (Å²) in [7, 11) is 0. The summed E-state index contributed by atoms with van der Waals surface area (Å²) in [6.07, 6.45) is 3.56. The number of hydrogen-bond acceptors (Lipinski definition) is 2. The summed E-state index contributed by atoms with van der Waals surface area (Å²) in [5.74, 6) is -1.78. The van der Waals surface area contributed by atoms with Gasteiger partial charge in [0, 0.05) is 23.5 Å². The highest BCUT2D eigenvalue weighted by atomic mass is 79.9. The van der Waals surface area contributed by atoms with Gasteiger partial charge in [-0.25, -0.2) is 18.7 Å². The van der Waals surface area contributed by atoms with E-state index in [0.717, 1.165) is 29.0 Å². The van der Waals surface area contributed by atoms with E-state index in [1.165, 1.54) is 6.07 Å². The highest BCUT2D eigenvalue weighted by Crippen LogP contribution is 2.33. The van der Waals surface area contributed by atoms with E-state index < -0.39 is 11.6 Å². The van der Waals surface area contributed by atoms with Crippen molar-refractivity contribution in [1.29, 1.82) is 0 Å². The zero-order chi connectivity index (χ0) is 16.7. The average Bonchev–Trinajstić information content (AvgIpc) is 2.97. The molecule has 4 aromatic rings.